The lowest BCUT2D eigenvalue weighted by atomic mass is 10.1. The zero-order valence-corrected chi connectivity index (χ0v) is 11.5. The van der Waals surface area contributed by atoms with Gasteiger partial charge in [-0.2, -0.15) is 0 Å². The van der Waals surface area contributed by atoms with Crippen molar-refractivity contribution in [3.05, 3.63) is 35.6 Å². The molecule has 0 spiro atoms. The number of hydrogen-bond donors (Lipinski definition) is 1. The van der Waals surface area contributed by atoms with Gasteiger partial charge in [-0.05, 0) is 24.0 Å². The van der Waals surface area contributed by atoms with Crippen molar-refractivity contribution >= 4 is 21.8 Å². The van der Waals surface area contributed by atoms with Crippen LogP contribution in [0.25, 0.3) is 0 Å². The number of carbonyl (C=O) groups is 1. The SMILES string of the molecule is CC(CCBr)CNC(=O)Cc1ccccc1F. The Bertz CT molecular complexity index is 370. The van der Waals surface area contributed by atoms with Crippen LogP contribution in [0.15, 0.2) is 24.3 Å². The van der Waals surface area contributed by atoms with Gasteiger partial charge in [0.15, 0.2) is 0 Å². The Hall–Kier alpha value is -0.900. The molecule has 0 aromatic heterocycles. The molecule has 1 N–H and O–H groups in total. The third kappa shape index (κ3) is 5.31. The Morgan fingerprint density at radius 2 is 2.18 bits per heavy atom. The number of hydrogen-bond acceptors (Lipinski definition) is 1. The minimum Gasteiger partial charge on any atom is -0.356 e. The zero-order valence-electron chi connectivity index (χ0n) is 9.88. The molecule has 0 aliphatic rings. The summed E-state index contributed by atoms with van der Waals surface area (Å²) in [6.07, 6.45) is 1.12. The summed E-state index contributed by atoms with van der Waals surface area (Å²) in [6, 6.07) is 6.36. The highest BCUT2D eigenvalue weighted by Crippen LogP contribution is 2.07. The molecule has 0 fully saturated rings. The van der Waals surface area contributed by atoms with Crippen LogP contribution in [0, 0.1) is 11.7 Å². The monoisotopic (exact) mass is 301 g/mol. The van der Waals surface area contributed by atoms with Crippen LogP contribution in [-0.4, -0.2) is 17.8 Å². The van der Waals surface area contributed by atoms with Crippen LogP contribution in [0.3, 0.4) is 0 Å². The molecular formula is C13H17BrFNO. The predicted molar refractivity (Wildman–Crippen MR) is 70.7 cm³/mol. The zero-order chi connectivity index (χ0) is 12.7. The van der Waals surface area contributed by atoms with E-state index in [0.29, 0.717) is 18.0 Å². The molecule has 1 aromatic rings. The Labute approximate surface area is 110 Å². The summed E-state index contributed by atoms with van der Waals surface area (Å²) < 4.78 is 13.3. The quantitative estimate of drug-likeness (QED) is 0.804. The molecule has 94 valence electrons. The van der Waals surface area contributed by atoms with Gasteiger partial charge < -0.3 is 5.32 Å². The molecule has 0 aliphatic heterocycles. The lowest BCUT2D eigenvalue weighted by Crippen LogP contribution is -2.29. The van der Waals surface area contributed by atoms with Gasteiger partial charge in [0.2, 0.25) is 5.91 Å². The van der Waals surface area contributed by atoms with Gasteiger partial charge in [0, 0.05) is 11.9 Å². The van der Waals surface area contributed by atoms with Crippen molar-refractivity contribution < 1.29 is 9.18 Å². The lowest BCUT2D eigenvalue weighted by Gasteiger charge is -2.11. The first kappa shape index (κ1) is 14.2. The van der Waals surface area contributed by atoms with Gasteiger partial charge >= 0.3 is 0 Å². The molecule has 0 saturated heterocycles. The summed E-state index contributed by atoms with van der Waals surface area (Å²) in [5.41, 5.74) is 0.443. The molecule has 1 atom stereocenters. The van der Waals surface area contributed by atoms with Gasteiger partial charge in [-0.1, -0.05) is 41.1 Å². The van der Waals surface area contributed by atoms with Crippen LogP contribution in [-0.2, 0) is 11.2 Å². The fraction of sp³-hybridized carbons (Fsp3) is 0.462. The number of halogens is 2. The van der Waals surface area contributed by atoms with Gasteiger partial charge in [-0.3, -0.25) is 4.79 Å². The summed E-state index contributed by atoms with van der Waals surface area (Å²) >= 11 is 3.36. The second-order valence-electron chi connectivity index (χ2n) is 4.16. The van der Waals surface area contributed by atoms with E-state index in [1.807, 2.05) is 0 Å². The van der Waals surface area contributed by atoms with Crippen LogP contribution in [0.5, 0.6) is 0 Å². The second kappa shape index (κ2) is 7.43. The highest BCUT2D eigenvalue weighted by molar-refractivity contribution is 9.09. The van der Waals surface area contributed by atoms with Crippen molar-refractivity contribution in [1.82, 2.24) is 5.32 Å². The van der Waals surface area contributed by atoms with Gasteiger partial charge in [0.05, 0.1) is 6.42 Å². The maximum Gasteiger partial charge on any atom is 0.224 e. The minimum absolute atomic E-state index is 0.105. The first-order chi connectivity index (χ1) is 8.13. The third-order valence-corrected chi connectivity index (χ3v) is 3.02. The van der Waals surface area contributed by atoms with Crippen molar-refractivity contribution in [2.45, 2.75) is 19.8 Å². The maximum atomic E-state index is 13.3. The van der Waals surface area contributed by atoms with E-state index >= 15 is 0 Å². The highest BCUT2D eigenvalue weighted by Gasteiger charge is 2.08. The molecule has 0 bridgehead atoms. The van der Waals surface area contributed by atoms with E-state index in [2.05, 4.69) is 28.2 Å². The smallest absolute Gasteiger partial charge is 0.224 e. The van der Waals surface area contributed by atoms with E-state index in [1.54, 1.807) is 18.2 Å². The van der Waals surface area contributed by atoms with Crippen molar-refractivity contribution in [3.8, 4) is 0 Å². The lowest BCUT2D eigenvalue weighted by molar-refractivity contribution is -0.120. The van der Waals surface area contributed by atoms with Crippen LogP contribution in [0.4, 0.5) is 4.39 Å². The molecule has 1 aromatic carbocycles. The van der Waals surface area contributed by atoms with Crippen LogP contribution < -0.4 is 5.32 Å². The second-order valence-corrected chi connectivity index (χ2v) is 4.95. The Morgan fingerprint density at radius 1 is 1.47 bits per heavy atom. The summed E-state index contributed by atoms with van der Waals surface area (Å²) in [6.45, 7) is 2.71. The maximum absolute atomic E-state index is 13.3. The number of benzene rings is 1. The van der Waals surface area contributed by atoms with E-state index in [-0.39, 0.29) is 18.1 Å². The molecular weight excluding hydrogens is 285 g/mol. The van der Waals surface area contributed by atoms with E-state index in [1.165, 1.54) is 6.07 Å². The van der Waals surface area contributed by atoms with Crippen molar-refractivity contribution in [2.24, 2.45) is 5.92 Å². The fourth-order valence-corrected chi connectivity index (χ4v) is 2.24. The van der Waals surface area contributed by atoms with E-state index in [0.717, 1.165) is 11.8 Å². The van der Waals surface area contributed by atoms with Crippen LogP contribution >= 0.6 is 15.9 Å². The summed E-state index contributed by atoms with van der Waals surface area (Å²) in [5, 5.41) is 3.74. The molecule has 0 aliphatic carbocycles. The standard InChI is InChI=1S/C13H17BrFNO/c1-10(6-7-14)9-16-13(17)8-11-4-2-3-5-12(11)15/h2-5,10H,6-9H2,1H3,(H,16,17). The van der Waals surface area contributed by atoms with Crippen LogP contribution in [0.1, 0.15) is 18.9 Å². The van der Waals surface area contributed by atoms with E-state index in [4.69, 9.17) is 0 Å². The molecule has 1 rings (SSSR count). The van der Waals surface area contributed by atoms with Crippen molar-refractivity contribution in [3.63, 3.8) is 0 Å². The van der Waals surface area contributed by atoms with Gasteiger partial charge in [-0.15, -0.1) is 0 Å². The molecule has 0 saturated carbocycles. The van der Waals surface area contributed by atoms with Crippen molar-refractivity contribution in [1.29, 1.82) is 0 Å². The minimum atomic E-state index is -0.323. The fourth-order valence-electron chi connectivity index (χ4n) is 1.45. The molecule has 17 heavy (non-hydrogen) atoms. The molecule has 2 nitrogen and oxygen atoms in total. The largest absolute Gasteiger partial charge is 0.356 e. The Morgan fingerprint density at radius 3 is 2.82 bits per heavy atom. The first-order valence-corrected chi connectivity index (χ1v) is 6.81. The molecule has 0 radical (unpaired) electrons. The summed E-state index contributed by atoms with van der Waals surface area (Å²) in [5.74, 6) is -0.0216. The number of carbonyl (C=O) groups excluding carboxylic acids is 1. The van der Waals surface area contributed by atoms with Gasteiger partial charge in [0.25, 0.3) is 0 Å². The topological polar surface area (TPSA) is 29.1 Å². The predicted octanol–water partition coefficient (Wildman–Crippen LogP) is 2.91. The molecule has 0 heterocycles. The number of alkyl halides is 1. The summed E-state index contributed by atoms with van der Waals surface area (Å²) in [4.78, 5) is 11.6. The average Bonchev–Trinajstić information content (AvgIpc) is 2.30. The molecule has 1 amide bonds. The van der Waals surface area contributed by atoms with Gasteiger partial charge in [-0.25, -0.2) is 4.39 Å². The summed E-state index contributed by atoms with van der Waals surface area (Å²) in [7, 11) is 0. The van der Waals surface area contributed by atoms with Crippen LogP contribution in [0.2, 0.25) is 0 Å². The third-order valence-electron chi connectivity index (χ3n) is 2.56. The average molecular weight is 302 g/mol. The first-order valence-electron chi connectivity index (χ1n) is 5.69. The number of amides is 1. The van der Waals surface area contributed by atoms with Crippen molar-refractivity contribution in [2.75, 3.05) is 11.9 Å². The van der Waals surface area contributed by atoms with E-state index < -0.39 is 0 Å². The highest BCUT2D eigenvalue weighted by atomic mass is 79.9. The number of rotatable bonds is 6. The Kier molecular flexibility index (Phi) is 6.19. The molecule has 4 heteroatoms. The van der Waals surface area contributed by atoms with Gasteiger partial charge in [0.1, 0.15) is 5.82 Å². The van der Waals surface area contributed by atoms with E-state index in [9.17, 15) is 9.18 Å². The molecule has 1 unspecified atom stereocenters. The Balaban J connectivity index is 2.37. The normalized spacial score (nSPS) is 12.2. The number of nitrogens with one attached hydrogen (secondary N) is 1.